The molecule has 0 saturated carbocycles. The van der Waals surface area contributed by atoms with E-state index in [1.807, 2.05) is 30.3 Å². The highest BCUT2D eigenvalue weighted by atomic mass is 16.6. The number of rotatable bonds is 5. The molecule has 2 atom stereocenters. The average Bonchev–Trinajstić information content (AvgIpc) is 2.61. The number of nitrogens with one attached hydrogen (secondary N) is 1. The predicted octanol–water partition coefficient (Wildman–Crippen LogP) is 2.86. The second-order valence-electron chi connectivity index (χ2n) is 5.78. The van der Waals surface area contributed by atoms with Gasteiger partial charge in [-0.2, -0.15) is 0 Å². The first-order chi connectivity index (χ1) is 11.6. The Morgan fingerprint density at radius 1 is 1.17 bits per heavy atom. The van der Waals surface area contributed by atoms with E-state index in [0.717, 1.165) is 5.56 Å². The normalized spacial score (nSPS) is 20.2. The number of carbonyl (C=O) groups is 1. The minimum absolute atomic E-state index is 0.159. The van der Waals surface area contributed by atoms with Crippen molar-refractivity contribution in [3.63, 3.8) is 0 Å². The summed E-state index contributed by atoms with van der Waals surface area (Å²) in [7, 11) is 0. The van der Waals surface area contributed by atoms with Gasteiger partial charge < -0.3 is 10.1 Å². The largest absolute Gasteiger partial charge is 0.489 e. The Morgan fingerprint density at radius 2 is 1.96 bits per heavy atom. The zero-order chi connectivity index (χ0) is 16.9. The highest BCUT2D eigenvalue weighted by molar-refractivity contribution is 5.77. The molecule has 0 spiro atoms. The molecule has 24 heavy (non-hydrogen) atoms. The minimum Gasteiger partial charge on any atom is -0.489 e. The topological polar surface area (TPSA) is 81.5 Å². The lowest BCUT2D eigenvalue weighted by Gasteiger charge is -2.27. The van der Waals surface area contributed by atoms with E-state index in [1.165, 1.54) is 0 Å². The summed E-state index contributed by atoms with van der Waals surface area (Å²) in [4.78, 5) is 22.6. The zero-order valence-corrected chi connectivity index (χ0v) is 13.1. The standard InChI is InChI=1S/C18H18N2O4/c21-17-10-9-16(20(22)23)18(19-17)14-7-4-8-15(11-14)24-12-13-5-2-1-3-6-13/h1-8,11,16,18H,9-10,12H2,(H,19,21). The number of hydrogen-bond acceptors (Lipinski definition) is 4. The van der Waals surface area contributed by atoms with E-state index in [2.05, 4.69) is 5.32 Å². The molecule has 2 unspecified atom stereocenters. The smallest absolute Gasteiger partial charge is 0.237 e. The zero-order valence-electron chi connectivity index (χ0n) is 13.1. The van der Waals surface area contributed by atoms with Gasteiger partial charge in [0.15, 0.2) is 0 Å². The fraction of sp³-hybridized carbons (Fsp3) is 0.278. The van der Waals surface area contributed by atoms with Gasteiger partial charge in [0.25, 0.3) is 0 Å². The monoisotopic (exact) mass is 326 g/mol. The van der Waals surface area contributed by atoms with Crippen LogP contribution in [0.25, 0.3) is 0 Å². The minimum atomic E-state index is -0.813. The van der Waals surface area contributed by atoms with Crippen LogP contribution in [0.4, 0.5) is 0 Å². The SMILES string of the molecule is O=C1CCC([N+](=O)[O-])C(c2cccc(OCc3ccccc3)c2)N1. The van der Waals surface area contributed by atoms with E-state index in [0.29, 0.717) is 17.9 Å². The molecule has 1 fully saturated rings. The van der Waals surface area contributed by atoms with Crippen LogP contribution in [-0.2, 0) is 11.4 Å². The number of ether oxygens (including phenoxy) is 1. The summed E-state index contributed by atoms with van der Waals surface area (Å²) in [6, 6.07) is 15.4. The third kappa shape index (κ3) is 3.71. The Kier molecular flexibility index (Phi) is 4.74. The molecule has 0 radical (unpaired) electrons. The lowest BCUT2D eigenvalue weighted by atomic mass is 9.92. The lowest BCUT2D eigenvalue weighted by molar-refractivity contribution is -0.529. The molecule has 1 N–H and O–H groups in total. The summed E-state index contributed by atoms with van der Waals surface area (Å²) in [6.07, 6.45) is 0.435. The second-order valence-corrected chi connectivity index (χ2v) is 5.78. The Labute approximate surface area is 139 Å². The molecule has 2 aromatic rings. The van der Waals surface area contributed by atoms with Crippen molar-refractivity contribution in [2.75, 3.05) is 0 Å². The molecular weight excluding hydrogens is 308 g/mol. The maximum Gasteiger partial charge on any atom is 0.237 e. The van der Waals surface area contributed by atoms with E-state index in [1.54, 1.807) is 24.3 Å². The van der Waals surface area contributed by atoms with Crippen LogP contribution < -0.4 is 10.1 Å². The molecule has 1 amide bonds. The summed E-state index contributed by atoms with van der Waals surface area (Å²) < 4.78 is 5.76. The van der Waals surface area contributed by atoms with E-state index >= 15 is 0 Å². The first-order valence-electron chi connectivity index (χ1n) is 7.83. The van der Waals surface area contributed by atoms with Gasteiger partial charge in [-0.25, -0.2) is 0 Å². The first-order valence-corrected chi connectivity index (χ1v) is 7.83. The summed E-state index contributed by atoms with van der Waals surface area (Å²) in [5, 5.41) is 14.0. The Morgan fingerprint density at radius 3 is 2.71 bits per heavy atom. The van der Waals surface area contributed by atoms with Crippen molar-refractivity contribution in [1.82, 2.24) is 5.32 Å². The highest BCUT2D eigenvalue weighted by Crippen LogP contribution is 2.28. The van der Waals surface area contributed by atoms with Gasteiger partial charge in [0.2, 0.25) is 11.9 Å². The van der Waals surface area contributed by atoms with Crippen LogP contribution in [-0.4, -0.2) is 16.9 Å². The van der Waals surface area contributed by atoms with Crippen molar-refractivity contribution in [2.24, 2.45) is 0 Å². The molecule has 1 saturated heterocycles. The number of benzene rings is 2. The maximum atomic E-state index is 11.6. The molecule has 2 aromatic carbocycles. The van der Waals surface area contributed by atoms with Crippen molar-refractivity contribution in [3.8, 4) is 5.75 Å². The van der Waals surface area contributed by atoms with Gasteiger partial charge in [-0.3, -0.25) is 14.9 Å². The van der Waals surface area contributed by atoms with Gasteiger partial charge in [-0.05, 0) is 23.3 Å². The Bertz CT molecular complexity index is 733. The third-order valence-corrected chi connectivity index (χ3v) is 4.10. The van der Waals surface area contributed by atoms with Crippen molar-refractivity contribution < 1.29 is 14.5 Å². The Hall–Kier alpha value is -2.89. The first kappa shape index (κ1) is 16.0. The van der Waals surface area contributed by atoms with Crippen LogP contribution in [0, 0.1) is 10.1 Å². The van der Waals surface area contributed by atoms with E-state index in [-0.39, 0.29) is 23.7 Å². The average molecular weight is 326 g/mol. The van der Waals surface area contributed by atoms with Crippen molar-refractivity contribution in [2.45, 2.75) is 31.5 Å². The van der Waals surface area contributed by atoms with Crippen molar-refractivity contribution in [3.05, 3.63) is 75.8 Å². The predicted molar refractivity (Wildman–Crippen MR) is 88.1 cm³/mol. The number of amides is 1. The molecule has 1 heterocycles. The van der Waals surface area contributed by atoms with E-state index in [9.17, 15) is 14.9 Å². The number of carbonyl (C=O) groups excluding carboxylic acids is 1. The van der Waals surface area contributed by atoms with Gasteiger partial charge in [-0.1, -0.05) is 42.5 Å². The van der Waals surface area contributed by atoms with Gasteiger partial charge in [0.05, 0.1) is 0 Å². The van der Waals surface area contributed by atoms with Crippen LogP contribution in [0.15, 0.2) is 54.6 Å². The molecule has 0 aliphatic carbocycles. The number of piperidine rings is 1. The molecule has 0 aromatic heterocycles. The summed E-state index contributed by atoms with van der Waals surface area (Å²) in [5.41, 5.74) is 1.73. The molecule has 6 nitrogen and oxygen atoms in total. The van der Waals surface area contributed by atoms with Crippen LogP contribution in [0.5, 0.6) is 5.75 Å². The lowest BCUT2D eigenvalue weighted by Crippen LogP contribution is -2.45. The van der Waals surface area contributed by atoms with Gasteiger partial charge in [0.1, 0.15) is 18.4 Å². The van der Waals surface area contributed by atoms with Gasteiger partial charge >= 0.3 is 0 Å². The molecular formula is C18H18N2O4. The molecule has 6 heteroatoms. The second kappa shape index (κ2) is 7.12. The number of nitro groups is 1. The van der Waals surface area contributed by atoms with E-state index < -0.39 is 12.1 Å². The molecule has 1 aliphatic rings. The van der Waals surface area contributed by atoms with Crippen molar-refractivity contribution in [1.29, 1.82) is 0 Å². The van der Waals surface area contributed by atoms with Crippen molar-refractivity contribution >= 4 is 5.91 Å². The fourth-order valence-electron chi connectivity index (χ4n) is 2.86. The molecule has 3 rings (SSSR count). The van der Waals surface area contributed by atoms with Crippen LogP contribution in [0.3, 0.4) is 0 Å². The molecule has 1 aliphatic heterocycles. The quantitative estimate of drug-likeness (QED) is 0.676. The third-order valence-electron chi connectivity index (χ3n) is 4.10. The molecule has 124 valence electrons. The molecule has 0 bridgehead atoms. The maximum absolute atomic E-state index is 11.6. The van der Waals surface area contributed by atoms with Gasteiger partial charge in [-0.15, -0.1) is 0 Å². The van der Waals surface area contributed by atoms with Crippen LogP contribution in [0.2, 0.25) is 0 Å². The summed E-state index contributed by atoms with van der Waals surface area (Å²) in [5.74, 6) is 0.465. The summed E-state index contributed by atoms with van der Waals surface area (Å²) in [6.45, 7) is 0.417. The summed E-state index contributed by atoms with van der Waals surface area (Å²) >= 11 is 0. The number of hydrogen-bond donors (Lipinski definition) is 1. The fourth-order valence-corrected chi connectivity index (χ4v) is 2.86. The van der Waals surface area contributed by atoms with Crippen LogP contribution in [0.1, 0.15) is 30.0 Å². The van der Waals surface area contributed by atoms with Gasteiger partial charge in [0, 0.05) is 17.8 Å². The van der Waals surface area contributed by atoms with E-state index in [4.69, 9.17) is 4.74 Å². The number of nitrogens with zero attached hydrogens (tertiary/aromatic N) is 1. The Balaban J connectivity index is 1.76. The van der Waals surface area contributed by atoms with Crippen LogP contribution >= 0.6 is 0 Å². The highest BCUT2D eigenvalue weighted by Gasteiger charge is 2.38.